The molecule has 0 spiro atoms. The molecule has 0 saturated carbocycles. The van der Waals surface area contributed by atoms with Gasteiger partial charge >= 0.3 is 5.69 Å². The van der Waals surface area contributed by atoms with Gasteiger partial charge in [0.15, 0.2) is 11.5 Å². The molecule has 19 heavy (non-hydrogen) atoms. The molecule has 8 nitrogen and oxygen atoms in total. The van der Waals surface area contributed by atoms with E-state index in [1.807, 2.05) is 13.8 Å². The number of rotatable bonds is 2. The van der Waals surface area contributed by atoms with E-state index in [1.165, 1.54) is 11.5 Å². The minimum atomic E-state index is -0.581. The number of fused-ring (bicyclic) bond motifs is 1. The maximum atomic E-state index is 11.6. The van der Waals surface area contributed by atoms with Crippen LogP contribution in [0.1, 0.15) is 25.5 Å². The molecule has 0 unspecified atom stereocenters. The molecule has 0 aliphatic rings. The highest BCUT2D eigenvalue weighted by Gasteiger charge is 2.18. The second-order valence-corrected chi connectivity index (χ2v) is 5.11. The Balaban J connectivity index is 2.27. The first-order valence-electron chi connectivity index (χ1n) is 5.61. The summed E-state index contributed by atoms with van der Waals surface area (Å²) in [4.78, 5) is 35.3. The number of aromatic nitrogens is 6. The zero-order chi connectivity index (χ0) is 13.6. The van der Waals surface area contributed by atoms with Crippen molar-refractivity contribution in [1.29, 1.82) is 0 Å². The summed E-state index contributed by atoms with van der Waals surface area (Å²) in [6.45, 7) is 4.00. The van der Waals surface area contributed by atoms with Crippen LogP contribution in [0.5, 0.6) is 0 Å². The van der Waals surface area contributed by atoms with E-state index < -0.39 is 11.2 Å². The van der Waals surface area contributed by atoms with Crippen molar-refractivity contribution in [3.05, 3.63) is 26.5 Å². The molecule has 3 aromatic heterocycles. The maximum absolute atomic E-state index is 11.6. The molecule has 0 amide bonds. The minimum Gasteiger partial charge on any atom is -0.331 e. The van der Waals surface area contributed by atoms with Crippen molar-refractivity contribution < 1.29 is 0 Å². The average molecular weight is 278 g/mol. The molecule has 0 saturated heterocycles. The average Bonchev–Trinajstić information content (AvgIpc) is 2.92. The van der Waals surface area contributed by atoms with Gasteiger partial charge in [0, 0.05) is 0 Å². The lowest BCUT2D eigenvalue weighted by Crippen LogP contribution is -2.21. The van der Waals surface area contributed by atoms with E-state index >= 15 is 0 Å². The number of nitrogens with one attached hydrogen (secondary N) is 3. The predicted molar refractivity (Wildman–Crippen MR) is 70.3 cm³/mol. The SMILES string of the molecule is CC(C)c1nnsc1-c1nc2[nH]c(=O)[nH]c(=O)c2[nH]1. The smallest absolute Gasteiger partial charge is 0.327 e. The molecule has 0 aromatic carbocycles. The van der Waals surface area contributed by atoms with E-state index in [0.717, 1.165) is 10.6 Å². The second-order valence-electron chi connectivity index (χ2n) is 4.36. The van der Waals surface area contributed by atoms with Crippen LogP contribution in [0, 0.1) is 0 Å². The van der Waals surface area contributed by atoms with Gasteiger partial charge in [0.1, 0.15) is 10.4 Å². The molecule has 0 radical (unpaired) electrons. The molecule has 0 aliphatic heterocycles. The topological polar surface area (TPSA) is 120 Å². The maximum Gasteiger partial charge on any atom is 0.327 e. The molecular formula is C10H10N6O2S. The van der Waals surface area contributed by atoms with Gasteiger partial charge in [-0.2, -0.15) is 0 Å². The molecule has 3 aromatic rings. The van der Waals surface area contributed by atoms with Gasteiger partial charge in [-0.1, -0.05) is 18.3 Å². The molecule has 9 heteroatoms. The molecular weight excluding hydrogens is 268 g/mol. The summed E-state index contributed by atoms with van der Waals surface area (Å²) in [5.74, 6) is 0.681. The highest BCUT2D eigenvalue weighted by Crippen LogP contribution is 2.28. The number of nitrogens with zero attached hydrogens (tertiary/aromatic N) is 3. The number of aromatic amines is 3. The lowest BCUT2D eigenvalue weighted by molar-refractivity contribution is 0.813. The third kappa shape index (κ3) is 1.87. The van der Waals surface area contributed by atoms with Crippen molar-refractivity contribution in [2.75, 3.05) is 0 Å². The number of imidazole rings is 1. The predicted octanol–water partition coefficient (Wildman–Crippen LogP) is 0.581. The van der Waals surface area contributed by atoms with Gasteiger partial charge in [-0.15, -0.1) is 5.10 Å². The minimum absolute atomic E-state index is 0.194. The van der Waals surface area contributed by atoms with Crippen molar-refractivity contribution >= 4 is 22.7 Å². The first-order valence-corrected chi connectivity index (χ1v) is 6.38. The number of hydrogen-bond donors (Lipinski definition) is 3. The Morgan fingerprint density at radius 2 is 1.95 bits per heavy atom. The van der Waals surface area contributed by atoms with Crippen molar-refractivity contribution in [1.82, 2.24) is 29.5 Å². The standard InChI is InChI=1S/C10H10N6O2S/c1-3(2)4-6(19-16-15-4)8-11-5-7(12-8)13-10(18)14-9(5)17/h3H,1-2H3,(H3,11,12,13,14,17,18). The Kier molecular flexibility index (Phi) is 2.56. The largest absolute Gasteiger partial charge is 0.331 e. The summed E-state index contributed by atoms with van der Waals surface area (Å²) in [7, 11) is 0. The highest BCUT2D eigenvalue weighted by atomic mass is 32.1. The summed E-state index contributed by atoms with van der Waals surface area (Å²) < 4.78 is 3.90. The normalized spacial score (nSPS) is 11.5. The van der Waals surface area contributed by atoms with Crippen LogP contribution in [0.25, 0.3) is 21.9 Å². The fourth-order valence-corrected chi connectivity index (χ4v) is 2.54. The molecule has 0 atom stereocenters. The fourth-order valence-electron chi connectivity index (χ4n) is 1.78. The van der Waals surface area contributed by atoms with Gasteiger partial charge < -0.3 is 4.98 Å². The summed E-state index contributed by atoms with van der Waals surface area (Å²) in [6.07, 6.45) is 0. The molecule has 3 N–H and O–H groups in total. The van der Waals surface area contributed by atoms with Crippen LogP contribution in [0.4, 0.5) is 0 Å². The van der Waals surface area contributed by atoms with Crippen LogP contribution in [-0.2, 0) is 0 Å². The van der Waals surface area contributed by atoms with E-state index in [0.29, 0.717) is 5.82 Å². The van der Waals surface area contributed by atoms with Crippen LogP contribution >= 0.6 is 11.5 Å². The Labute approximate surface area is 110 Å². The zero-order valence-electron chi connectivity index (χ0n) is 10.1. The third-order valence-electron chi connectivity index (χ3n) is 2.67. The summed E-state index contributed by atoms with van der Waals surface area (Å²) in [5, 5.41) is 4.05. The van der Waals surface area contributed by atoms with Crippen LogP contribution < -0.4 is 11.2 Å². The third-order valence-corrected chi connectivity index (χ3v) is 3.41. The summed E-state index contributed by atoms with van der Waals surface area (Å²) in [5.41, 5.74) is 0.190. The number of hydrogen-bond acceptors (Lipinski definition) is 6. The van der Waals surface area contributed by atoms with Crippen LogP contribution in [-0.4, -0.2) is 29.5 Å². The lowest BCUT2D eigenvalue weighted by atomic mass is 10.1. The highest BCUT2D eigenvalue weighted by molar-refractivity contribution is 7.09. The zero-order valence-corrected chi connectivity index (χ0v) is 11.0. The van der Waals surface area contributed by atoms with Gasteiger partial charge in [0.25, 0.3) is 5.56 Å². The van der Waals surface area contributed by atoms with Crippen molar-refractivity contribution in [3.63, 3.8) is 0 Å². The van der Waals surface area contributed by atoms with Crippen LogP contribution in [0.2, 0.25) is 0 Å². The fraction of sp³-hybridized carbons (Fsp3) is 0.300. The monoisotopic (exact) mass is 278 g/mol. The van der Waals surface area contributed by atoms with Gasteiger partial charge in [-0.3, -0.25) is 14.8 Å². The van der Waals surface area contributed by atoms with Crippen molar-refractivity contribution in [3.8, 4) is 10.7 Å². The Morgan fingerprint density at radius 3 is 2.68 bits per heavy atom. The lowest BCUT2D eigenvalue weighted by Gasteiger charge is -2.00. The van der Waals surface area contributed by atoms with Gasteiger partial charge in [-0.25, -0.2) is 9.78 Å². The first-order chi connectivity index (χ1) is 9.06. The molecule has 98 valence electrons. The molecule has 0 aliphatic carbocycles. The molecule has 0 bridgehead atoms. The quantitative estimate of drug-likeness (QED) is 0.633. The number of H-pyrrole nitrogens is 3. The molecule has 0 fully saturated rings. The molecule has 3 heterocycles. The van der Waals surface area contributed by atoms with Crippen molar-refractivity contribution in [2.24, 2.45) is 0 Å². The van der Waals surface area contributed by atoms with E-state index in [1.54, 1.807) is 0 Å². The summed E-state index contributed by atoms with van der Waals surface area (Å²) in [6, 6.07) is 0. The van der Waals surface area contributed by atoms with Gasteiger partial charge in [-0.05, 0) is 17.5 Å². The Hall–Kier alpha value is -2.29. The van der Waals surface area contributed by atoms with Crippen molar-refractivity contribution in [2.45, 2.75) is 19.8 Å². The second kappa shape index (κ2) is 4.12. The Morgan fingerprint density at radius 1 is 1.16 bits per heavy atom. The Bertz CT molecular complexity index is 855. The van der Waals surface area contributed by atoms with Crippen LogP contribution in [0.3, 0.4) is 0 Å². The van der Waals surface area contributed by atoms with Gasteiger partial charge in [0.05, 0.1) is 5.69 Å². The van der Waals surface area contributed by atoms with Gasteiger partial charge in [0.2, 0.25) is 0 Å². The first kappa shape index (κ1) is 11.8. The van der Waals surface area contributed by atoms with Crippen LogP contribution in [0.15, 0.2) is 9.59 Å². The van der Waals surface area contributed by atoms with E-state index in [-0.39, 0.29) is 17.1 Å². The van der Waals surface area contributed by atoms with E-state index in [2.05, 4.69) is 29.5 Å². The van der Waals surface area contributed by atoms with E-state index in [4.69, 9.17) is 0 Å². The molecule has 3 rings (SSSR count). The summed E-state index contributed by atoms with van der Waals surface area (Å²) >= 11 is 1.20. The van der Waals surface area contributed by atoms with E-state index in [9.17, 15) is 9.59 Å².